The molecule has 0 radical (unpaired) electrons. The van der Waals surface area contributed by atoms with Gasteiger partial charge in [0.25, 0.3) is 0 Å². The molecule has 1 rings (SSSR count). The molecule has 1 saturated heterocycles. The van der Waals surface area contributed by atoms with Crippen LogP contribution in [0.1, 0.15) is 19.8 Å². The van der Waals surface area contributed by atoms with Gasteiger partial charge in [0.05, 0.1) is 0 Å². The number of likely N-dealkylation sites (tertiary alicyclic amines) is 1. The fourth-order valence-electron chi connectivity index (χ4n) is 2.22. The largest absolute Gasteiger partial charge is 0.368 e. The summed E-state index contributed by atoms with van der Waals surface area (Å²) in [6.45, 7) is 4.39. The molecule has 16 heavy (non-hydrogen) atoms. The Bertz CT molecular complexity index is 254. The summed E-state index contributed by atoms with van der Waals surface area (Å²) in [6, 6.07) is 0.473. The molecular weight excluding hydrogens is 204 g/mol. The maximum absolute atomic E-state index is 11.2. The fraction of sp³-hybridized carbons (Fsp3) is 0.909. The van der Waals surface area contributed by atoms with Crippen molar-refractivity contribution in [2.24, 2.45) is 11.5 Å². The van der Waals surface area contributed by atoms with Gasteiger partial charge in [0, 0.05) is 19.1 Å². The van der Waals surface area contributed by atoms with Crippen LogP contribution >= 0.6 is 0 Å². The third-order valence-corrected chi connectivity index (χ3v) is 3.36. The van der Waals surface area contributed by atoms with Gasteiger partial charge in [-0.05, 0) is 40.4 Å². The highest BCUT2D eigenvalue weighted by molar-refractivity contribution is 5.84. The van der Waals surface area contributed by atoms with Crippen LogP contribution in [-0.4, -0.2) is 61.0 Å². The van der Waals surface area contributed by atoms with Gasteiger partial charge in [-0.3, -0.25) is 9.69 Å². The van der Waals surface area contributed by atoms with Gasteiger partial charge >= 0.3 is 0 Å². The monoisotopic (exact) mass is 228 g/mol. The van der Waals surface area contributed by atoms with Gasteiger partial charge in [-0.15, -0.1) is 0 Å². The smallest absolute Gasteiger partial charge is 0.238 e. The molecular formula is C11H24N4O. The van der Waals surface area contributed by atoms with E-state index in [0.29, 0.717) is 12.6 Å². The normalized spacial score (nSPS) is 26.7. The maximum atomic E-state index is 11.2. The number of hydrogen-bond donors (Lipinski definition) is 2. The Balaban J connectivity index is 2.51. The van der Waals surface area contributed by atoms with Gasteiger partial charge in [0.1, 0.15) is 5.54 Å². The van der Waals surface area contributed by atoms with E-state index in [4.69, 9.17) is 11.5 Å². The molecule has 0 spiro atoms. The van der Waals surface area contributed by atoms with Crippen LogP contribution in [0.15, 0.2) is 0 Å². The lowest BCUT2D eigenvalue weighted by atomic mass is 9.99. The van der Waals surface area contributed by atoms with Crippen molar-refractivity contribution in [3.05, 3.63) is 0 Å². The summed E-state index contributed by atoms with van der Waals surface area (Å²) in [7, 11) is 4.13. The first-order valence-electron chi connectivity index (χ1n) is 5.80. The SMILES string of the molecule is CN1CCCC(N(C)CC(C)(N)C(N)=O)C1. The summed E-state index contributed by atoms with van der Waals surface area (Å²) in [5, 5.41) is 0. The molecule has 2 atom stereocenters. The number of nitrogens with zero attached hydrogens (tertiary/aromatic N) is 2. The maximum Gasteiger partial charge on any atom is 0.238 e. The second kappa shape index (κ2) is 5.12. The Labute approximate surface area is 97.7 Å². The molecule has 0 bridgehead atoms. The highest BCUT2D eigenvalue weighted by Crippen LogP contribution is 2.15. The molecule has 2 unspecified atom stereocenters. The summed E-state index contributed by atoms with van der Waals surface area (Å²) < 4.78 is 0. The van der Waals surface area contributed by atoms with E-state index in [2.05, 4.69) is 16.8 Å². The van der Waals surface area contributed by atoms with Crippen LogP contribution in [-0.2, 0) is 4.79 Å². The van der Waals surface area contributed by atoms with E-state index >= 15 is 0 Å². The molecule has 1 fully saturated rings. The minimum Gasteiger partial charge on any atom is -0.368 e. The molecule has 0 aromatic rings. The van der Waals surface area contributed by atoms with Crippen LogP contribution in [0.4, 0.5) is 0 Å². The third-order valence-electron chi connectivity index (χ3n) is 3.36. The summed E-state index contributed by atoms with van der Waals surface area (Å²) in [5.41, 5.74) is 10.2. The van der Waals surface area contributed by atoms with Crippen molar-refractivity contribution in [3.8, 4) is 0 Å². The van der Waals surface area contributed by atoms with Crippen LogP contribution in [0.5, 0.6) is 0 Å². The molecule has 0 aromatic heterocycles. The Hall–Kier alpha value is -0.650. The van der Waals surface area contributed by atoms with E-state index in [1.165, 1.54) is 6.42 Å². The van der Waals surface area contributed by atoms with Crippen LogP contribution in [0.3, 0.4) is 0 Å². The van der Waals surface area contributed by atoms with Crippen LogP contribution in [0.25, 0.3) is 0 Å². The summed E-state index contributed by atoms with van der Waals surface area (Å²) >= 11 is 0. The average Bonchev–Trinajstić information content (AvgIpc) is 2.16. The zero-order chi connectivity index (χ0) is 12.3. The third kappa shape index (κ3) is 3.43. The van der Waals surface area contributed by atoms with E-state index in [1.54, 1.807) is 6.92 Å². The molecule has 94 valence electrons. The number of hydrogen-bond acceptors (Lipinski definition) is 4. The second-order valence-electron chi connectivity index (χ2n) is 5.26. The summed E-state index contributed by atoms with van der Waals surface area (Å²) in [5.74, 6) is -0.441. The van der Waals surface area contributed by atoms with Gasteiger partial charge in [-0.1, -0.05) is 0 Å². The number of carbonyl (C=O) groups excluding carboxylic acids is 1. The molecule has 5 heteroatoms. The topological polar surface area (TPSA) is 75.6 Å². The summed E-state index contributed by atoms with van der Waals surface area (Å²) in [6.07, 6.45) is 2.36. The molecule has 0 saturated carbocycles. The van der Waals surface area contributed by atoms with E-state index in [0.717, 1.165) is 19.5 Å². The lowest BCUT2D eigenvalue weighted by Gasteiger charge is -2.38. The van der Waals surface area contributed by atoms with Gasteiger partial charge in [-0.2, -0.15) is 0 Å². The fourth-order valence-corrected chi connectivity index (χ4v) is 2.22. The number of primary amides is 1. The van der Waals surface area contributed by atoms with Crippen molar-refractivity contribution in [1.82, 2.24) is 9.80 Å². The number of likely N-dealkylation sites (N-methyl/N-ethyl adjacent to an activating group) is 2. The average molecular weight is 228 g/mol. The summed E-state index contributed by atoms with van der Waals surface area (Å²) in [4.78, 5) is 15.6. The number of amides is 1. The van der Waals surface area contributed by atoms with Gasteiger partial charge in [0.15, 0.2) is 0 Å². The first-order valence-corrected chi connectivity index (χ1v) is 5.80. The van der Waals surface area contributed by atoms with Crippen molar-refractivity contribution in [2.45, 2.75) is 31.3 Å². The van der Waals surface area contributed by atoms with E-state index in [-0.39, 0.29) is 0 Å². The van der Waals surface area contributed by atoms with E-state index in [1.807, 2.05) is 7.05 Å². The molecule has 1 aliphatic heterocycles. The zero-order valence-corrected chi connectivity index (χ0v) is 10.6. The van der Waals surface area contributed by atoms with Crippen LogP contribution in [0, 0.1) is 0 Å². The second-order valence-corrected chi connectivity index (χ2v) is 5.26. The van der Waals surface area contributed by atoms with Gasteiger partial charge in [-0.25, -0.2) is 0 Å². The van der Waals surface area contributed by atoms with Crippen molar-refractivity contribution in [1.29, 1.82) is 0 Å². The molecule has 5 nitrogen and oxygen atoms in total. The zero-order valence-electron chi connectivity index (χ0n) is 10.6. The number of rotatable bonds is 4. The minimum atomic E-state index is -0.940. The number of carbonyl (C=O) groups is 1. The first kappa shape index (κ1) is 13.4. The Morgan fingerprint density at radius 1 is 1.62 bits per heavy atom. The van der Waals surface area contributed by atoms with Crippen LogP contribution < -0.4 is 11.5 Å². The molecule has 0 aromatic carbocycles. The van der Waals surface area contributed by atoms with Crippen molar-refractivity contribution in [3.63, 3.8) is 0 Å². The van der Waals surface area contributed by atoms with Crippen molar-refractivity contribution >= 4 is 5.91 Å². The lowest BCUT2D eigenvalue weighted by molar-refractivity contribution is -0.123. The van der Waals surface area contributed by atoms with E-state index < -0.39 is 11.4 Å². The predicted molar refractivity (Wildman–Crippen MR) is 64.9 cm³/mol. The number of piperidine rings is 1. The number of nitrogens with two attached hydrogens (primary N) is 2. The predicted octanol–water partition coefficient (Wildman–Crippen LogP) is -0.785. The standard InChI is InChI=1S/C11H24N4O/c1-11(13,10(12)16)8-15(3)9-5-4-6-14(2)7-9/h9H,4-8,13H2,1-3H3,(H2,12,16). The van der Waals surface area contributed by atoms with Gasteiger partial charge < -0.3 is 16.4 Å². The van der Waals surface area contributed by atoms with Gasteiger partial charge in [0.2, 0.25) is 5.91 Å². The van der Waals surface area contributed by atoms with Crippen molar-refractivity contribution < 1.29 is 4.79 Å². The Kier molecular flexibility index (Phi) is 4.29. The molecule has 1 heterocycles. The highest BCUT2D eigenvalue weighted by Gasteiger charge is 2.30. The lowest BCUT2D eigenvalue weighted by Crippen LogP contribution is -2.59. The highest BCUT2D eigenvalue weighted by atomic mass is 16.1. The Morgan fingerprint density at radius 2 is 2.25 bits per heavy atom. The molecule has 4 N–H and O–H groups in total. The van der Waals surface area contributed by atoms with Crippen molar-refractivity contribution in [2.75, 3.05) is 33.7 Å². The van der Waals surface area contributed by atoms with E-state index in [9.17, 15) is 4.79 Å². The molecule has 1 aliphatic rings. The molecule has 0 aliphatic carbocycles. The quantitative estimate of drug-likeness (QED) is 0.661. The van der Waals surface area contributed by atoms with Crippen LogP contribution in [0.2, 0.25) is 0 Å². The molecule has 1 amide bonds. The first-order chi connectivity index (χ1) is 7.33. The minimum absolute atomic E-state index is 0.441. The Morgan fingerprint density at radius 3 is 2.75 bits per heavy atom.